The van der Waals surface area contributed by atoms with E-state index in [-0.39, 0.29) is 0 Å². The minimum atomic E-state index is 0.366. The van der Waals surface area contributed by atoms with Crippen LogP contribution in [0.2, 0.25) is 5.02 Å². The second-order valence-electron chi connectivity index (χ2n) is 2.94. The van der Waals surface area contributed by atoms with Gasteiger partial charge in [0.25, 0.3) is 0 Å². The van der Waals surface area contributed by atoms with Gasteiger partial charge in [-0.05, 0) is 23.8 Å². The zero-order valence-electron chi connectivity index (χ0n) is 7.37. The topological polar surface area (TPSA) is 45.1 Å². The van der Waals surface area contributed by atoms with E-state index in [1.807, 2.05) is 18.2 Å². The summed E-state index contributed by atoms with van der Waals surface area (Å²) in [5.41, 5.74) is 3.86. The molecule has 2 aromatic rings. The van der Waals surface area contributed by atoms with E-state index in [1.54, 1.807) is 12.3 Å². The number of pyridine rings is 1. The summed E-state index contributed by atoms with van der Waals surface area (Å²) in [5, 5.41) is 10.2. The Labute approximate surface area is 86.3 Å². The maximum Gasteiger partial charge on any atom is 0.0762 e. The molecule has 0 saturated carbocycles. The number of rotatable bonds is 2. The molecule has 0 saturated heterocycles. The fraction of sp³-hybridized carbons (Fsp3) is 0.100. The normalized spacial score (nSPS) is 10.7. The predicted octanol–water partition coefficient (Wildman–Crippen LogP) is 2.37. The average Bonchev–Trinajstić information content (AvgIpc) is 2.23. The number of fused-ring (bicyclic) bond motifs is 1. The molecule has 4 heteroatoms. The van der Waals surface area contributed by atoms with Crippen molar-refractivity contribution in [1.29, 1.82) is 0 Å². The van der Waals surface area contributed by atoms with Gasteiger partial charge in [0.2, 0.25) is 0 Å². The zero-order chi connectivity index (χ0) is 9.97. The third-order valence-corrected chi connectivity index (χ3v) is 2.40. The molecular formula is C10H9ClN2O. The Balaban J connectivity index is 2.68. The number of nitrogens with zero attached hydrogens (tertiary/aromatic N) is 1. The first-order chi connectivity index (χ1) is 6.83. The number of hydrogen-bond acceptors (Lipinski definition) is 3. The van der Waals surface area contributed by atoms with Crippen molar-refractivity contribution in [3.05, 3.63) is 41.0 Å². The van der Waals surface area contributed by atoms with Gasteiger partial charge in [-0.25, -0.2) is 5.48 Å². The lowest BCUT2D eigenvalue weighted by Crippen LogP contribution is -2.06. The van der Waals surface area contributed by atoms with Gasteiger partial charge in [-0.1, -0.05) is 17.7 Å². The summed E-state index contributed by atoms with van der Waals surface area (Å²) in [5.74, 6) is 0. The molecule has 0 bridgehead atoms. The van der Waals surface area contributed by atoms with Crippen LogP contribution in [0.15, 0.2) is 30.5 Å². The molecule has 1 heterocycles. The van der Waals surface area contributed by atoms with Crippen molar-refractivity contribution in [3.8, 4) is 0 Å². The van der Waals surface area contributed by atoms with Crippen molar-refractivity contribution in [2.24, 2.45) is 0 Å². The standard InChI is InChI=1S/C10H9ClN2O/c11-9-4-3-7(6-13-14)10-8(9)2-1-5-12-10/h1-5,13-14H,6H2. The van der Waals surface area contributed by atoms with Gasteiger partial charge in [-0.2, -0.15) is 0 Å². The molecule has 2 rings (SSSR count). The molecule has 0 radical (unpaired) electrons. The number of aromatic nitrogens is 1. The molecule has 2 N–H and O–H groups in total. The van der Waals surface area contributed by atoms with Crippen LogP contribution in [0.25, 0.3) is 10.9 Å². The number of hydroxylamine groups is 1. The molecule has 3 nitrogen and oxygen atoms in total. The fourth-order valence-electron chi connectivity index (χ4n) is 1.42. The number of benzene rings is 1. The summed E-state index contributed by atoms with van der Waals surface area (Å²) >= 11 is 6.01. The van der Waals surface area contributed by atoms with Crippen LogP contribution in [0.1, 0.15) is 5.56 Å². The zero-order valence-corrected chi connectivity index (χ0v) is 8.12. The number of nitrogens with one attached hydrogen (secondary N) is 1. The molecule has 0 aliphatic carbocycles. The SMILES string of the molecule is ONCc1ccc(Cl)c2cccnc12. The Hall–Kier alpha value is -1.16. The first-order valence-electron chi connectivity index (χ1n) is 4.22. The molecule has 0 unspecified atom stereocenters. The van der Waals surface area contributed by atoms with Crippen molar-refractivity contribution >= 4 is 22.5 Å². The summed E-state index contributed by atoms with van der Waals surface area (Å²) in [6.07, 6.45) is 1.71. The highest BCUT2D eigenvalue weighted by Gasteiger charge is 2.04. The summed E-state index contributed by atoms with van der Waals surface area (Å²) in [6.45, 7) is 0.366. The lowest BCUT2D eigenvalue weighted by Gasteiger charge is -2.05. The molecule has 0 aliphatic heterocycles. The minimum Gasteiger partial charge on any atom is -0.316 e. The van der Waals surface area contributed by atoms with Gasteiger partial charge in [-0.15, -0.1) is 0 Å². The first kappa shape index (κ1) is 9.40. The molecule has 1 aromatic heterocycles. The predicted molar refractivity (Wildman–Crippen MR) is 55.4 cm³/mol. The summed E-state index contributed by atoms with van der Waals surface area (Å²) in [4.78, 5) is 4.23. The van der Waals surface area contributed by atoms with Gasteiger partial charge >= 0.3 is 0 Å². The lowest BCUT2D eigenvalue weighted by atomic mass is 10.1. The number of halogens is 1. The van der Waals surface area contributed by atoms with E-state index in [4.69, 9.17) is 16.8 Å². The molecule has 1 aromatic carbocycles. The van der Waals surface area contributed by atoms with Crippen molar-refractivity contribution in [2.75, 3.05) is 0 Å². The second kappa shape index (κ2) is 3.92. The van der Waals surface area contributed by atoms with E-state index < -0.39 is 0 Å². The second-order valence-corrected chi connectivity index (χ2v) is 3.35. The minimum absolute atomic E-state index is 0.366. The van der Waals surface area contributed by atoms with Crippen LogP contribution in [0.5, 0.6) is 0 Å². The average molecular weight is 209 g/mol. The van der Waals surface area contributed by atoms with Crippen LogP contribution in [-0.4, -0.2) is 10.2 Å². The highest BCUT2D eigenvalue weighted by Crippen LogP contribution is 2.24. The highest BCUT2D eigenvalue weighted by molar-refractivity contribution is 6.35. The molecule has 14 heavy (non-hydrogen) atoms. The van der Waals surface area contributed by atoms with E-state index in [1.165, 1.54) is 0 Å². The van der Waals surface area contributed by atoms with Crippen LogP contribution in [0, 0.1) is 0 Å². The van der Waals surface area contributed by atoms with Crippen LogP contribution in [-0.2, 0) is 6.54 Å². The fourth-order valence-corrected chi connectivity index (χ4v) is 1.64. The lowest BCUT2D eigenvalue weighted by molar-refractivity contribution is 0.161. The molecule has 72 valence electrons. The molecular weight excluding hydrogens is 200 g/mol. The van der Waals surface area contributed by atoms with Crippen molar-refractivity contribution in [1.82, 2.24) is 10.5 Å². The van der Waals surface area contributed by atoms with E-state index in [0.717, 1.165) is 16.5 Å². The Morgan fingerprint density at radius 2 is 2.21 bits per heavy atom. The summed E-state index contributed by atoms with van der Waals surface area (Å²) in [6, 6.07) is 7.40. The largest absolute Gasteiger partial charge is 0.316 e. The highest BCUT2D eigenvalue weighted by atomic mass is 35.5. The quantitative estimate of drug-likeness (QED) is 0.745. The van der Waals surface area contributed by atoms with E-state index in [9.17, 15) is 0 Å². The van der Waals surface area contributed by atoms with Crippen LogP contribution in [0.3, 0.4) is 0 Å². The molecule has 0 aliphatic rings. The van der Waals surface area contributed by atoms with Gasteiger partial charge < -0.3 is 5.21 Å². The molecule has 0 amide bonds. The maximum absolute atomic E-state index is 8.64. The van der Waals surface area contributed by atoms with Crippen molar-refractivity contribution in [2.45, 2.75) is 6.54 Å². The van der Waals surface area contributed by atoms with Crippen LogP contribution in [0.4, 0.5) is 0 Å². The van der Waals surface area contributed by atoms with Gasteiger partial charge in [0, 0.05) is 23.2 Å². The van der Waals surface area contributed by atoms with E-state index >= 15 is 0 Å². The smallest absolute Gasteiger partial charge is 0.0762 e. The maximum atomic E-state index is 8.64. The molecule has 0 fully saturated rings. The third-order valence-electron chi connectivity index (χ3n) is 2.07. The molecule has 0 atom stereocenters. The molecule has 0 spiro atoms. The van der Waals surface area contributed by atoms with Gasteiger partial charge in [0.05, 0.1) is 5.52 Å². The van der Waals surface area contributed by atoms with E-state index in [0.29, 0.717) is 11.6 Å². The Kier molecular flexibility index (Phi) is 2.63. The Morgan fingerprint density at radius 3 is 3.00 bits per heavy atom. The number of hydrogen-bond donors (Lipinski definition) is 2. The Bertz CT molecular complexity index is 459. The van der Waals surface area contributed by atoms with E-state index in [2.05, 4.69) is 10.5 Å². The summed E-state index contributed by atoms with van der Waals surface area (Å²) in [7, 11) is 0. The van der Waals surface area contributed by atoms with Gasteiger partial charge in [0.15, 0.2) is 0 Å². The monoisotopic (exact) mass is 208 g/mol. The Morgan fingerprint density at radius 1 is 1.36 bits per heavy atom. The third kappa shape index (κ3) is 1.57. The summed E-state index contributed by atoms with van der Waals surface area (Å²) < 4.78 is 0. The van der Waals surface area contributed by atoms with Crippen molar-refractivity contribution < 1.29 is 5.21 Å². The van der Waals surface area contributed by atoms with Gasteiger partial charge in [0.1, 0.15) is 0 Å². The van der Waals surface area contributed by atoms with Crippen molar-refractivity contribution in [3.63, 3.8) is 0 Å². The van der Waals surface area contributed by atoms with Crippen LogP contribution < -0.4 is 5.48 Å². The van der Waals surface area contributed by atoms with Gasteiger partial charge in [-0.3, -0.25) is 4.98 Å². The van der Waals surface area contributed by atoms with Crippen LogP contribution >= 0.6 is 11.6 Å². The first-order valence-corrected chi connectivity index (χ1v) is 4.60.